The van der Waals surface area contributed by atoms with E-state index < -0.39 is 6.10 Å². The Balaban J connectivity index is 2.19. The number of amides is 1. The number of nitrogens with zero attached hydrogens (tertiary/aromatic N) is 3. The molecule has 0 aromatic carbocycles. The molecule has 2 rings (SSSR count). The van der Waals surface area contributed by atoms with Gasteiger partial charge >= 0.3 is 0 Å². The molecule has 0 fully saturated rings. The topological polar surface area (TPSA) is 80.0 Å². The van der Waals surface area contributed by atoms with Gasteiger partial charge in [-0.3, -0.25) is 4.79 Å². The Morgan fingerprint density at radius 1 is 1.38 bits per heavy atom. The van der Waals surface area contributed by atoms with Crippen molar-refractivity contribution < 1.29 is 9.90 Å². The number of aryl methyl sites for hydroxylation is 1. The first kappa shape index (κ1) is 18.4. The van der Waals surface area contributed by atoms with Crippen LogP contribution in [0.25, 0.3) is 11.0 Å². The van der Waals surface area contributed by atoms with E-state index in [1.807, 2.05) is 45.4 Å². The van der Waals surface area contributed by atoms with Gasteiger partial charge in [0.15, 0.2) is 5.65 Å². The molecule has 2 aromatic rings. The molecule has 0 aliphatic heterocycles. The van der Waals surface area contributed by atoms with Crippen LogP contribution in [0.15, 0.2) is 12.3 Å². The van der Waals surface area contributed by atoms with Crippen LogP contribution in [0.4, 0.5) is 0 Å². The lowest BCUT2D eigenvalue weighted by molar-refractivity contribution is 0.0901. The number of aliphatic hydroxyl groups excluding tert-OH is 1. The van der Waals surface area contributed by atoms with Crippen LogP contribution < -0.4 is 5.32 Å². The summed E-state index contributed by atoms with van der Waals surface area (Å²) in [6.07, 6.45) is 1.99. The number of carbonyl (C=O) groups is 1. The second-order valence-corrected chi connectivity index (χ2v) is 7.62. The van der Waals surface area contributed by atoms with Gasteiger partial charge < -0.3 is 10.4 Å². The Labute approximate surface area is 143 Å². The molecule has 1 unspecified atom stereocenters. The molecule has 6 heteroatoms. The Morgan fingerprint density at radius 3 is 2.62 bits per heavy atom. The molecule has 0 saturated carbocycles. The van der Waals surface area contributed by atoms with Gasteiger partial charge in [0.2, 0.25) is 0 Å². The molecule has 0 aliphatic carbocycles. The zero-order chi connectivity index (χ0) is 18.1. The predicted octanol–water partition coefficient (Wildman–Crippen LogP) is 2.85. The third-order valence-corrected chi connectivity index (χ3v) is 4.07. The lowest BCUT2D eigenvalue weighted by Gasteiger charge is -2.26. The first-order chi connectivity index (χ1) is 11.1. The number of aliphatic hydroxyl groups is 1. The van der Waals surface area contributed by atoms with Gasteiger partial charge in [0, 0.05) is 18.0 Å². The summed E-state index contributed by atoms with van der Waals surface area (Å²) in [5.41, 5.74) is 1.89. The van der Waals surface area contributed by atoms with Gasteiger partial charge in [0.25, 0.3) is 5.91 Å². The molecule has 2 N–H and O–H groups in total. The third kappa shape index (κ3) is 4.12. The monoisotopic (exact) mass is 332 g/mol. The molecular weight excluding hydrogens is 304 g/mol. The fourth-order valence-corrected chi connectivity index (χ4v) is 2.96. The summed E-state index contributed by atoms with van der Waals surface area (Å²) in [4.78, 5) is 17.1. The summed E-state index contributed by atoms with van der Waals surface area (Å²) in [7, 11) is 0. The van der Waals surface area contributed by atoms with Crippen molar-refractivity contribution in [3.63, 3.8) is 0 Å². The van der Waals surface area contributed by atoms with Crippen molar-refractivity contribution in [2.24, 2.45) is 5.41 Å². The summed E-state index contributed by atoms with van der Waals surface area (Å²) in [6.45, 7) is 12.3. The van der Waals surface area contributed by atoms with Gasteiger partial charge in [-0.1, -0.05) is 13.8 Å². The number of rotatable bonds is 6. The van der Waals surface area contributed by atoms with E-state index in [1.165, 1.54) is 0 Å². The van der Waals surface area contributed by atoms with E-state index in [4.69, 9.17) is 0 Å². The second kappa shape index (κ2) is 6.89. The molecule has 1 amide bonds. The molecule has 0 saturated heterocycles. The number of carbonyl (C=O) groups excluding carboxylic acids is 1. The van der Waals surface area contributed by atoms with Crippen LogP contribution in [0, 0.1) is 12.3 Å². The number of hydrogen-bond donors (Lipinski definition) is 2. The van der Waals surface area contributed by atoms with Gasteiger partial charge in [-0.2, -0.15) is 5.10 Å². The van der Waals surface area contributed by atoms with E-state index >= 15 is 0 Å². The smallest absolute Gasteiger partial charge is 0.253 e. The van der Waals surface area contributed by atoms with E-state index in [-0.39, 0.29) is 17.4 Å². The van der Waals surface area contributed by atoms with Crippen molar-refractivity contribution in [2.75, 3.05) is 6.54 Å². The van der Waals surface area contributed by atoms with Gasteiger partial charge in [0.1, 0.15) is 0 Å². The number of aromatic nitrogens is 3. The first-order valence-electron chi connectivity index (χ1n) is 8.42. The molecule has 0 spiro atoms. The predicted molar refractivity (Wildman–Crippen MR) is 95.1 cm³/mol. The van der Waals surface area contributed by atoms with Crippen molar-refractivity contribution in [1.29, 1.82) is 0 Å². The minimum atomic E-state index is -0.390. The Hall–Kier alpha value is -1.95. The zero-order valence-electron chi connectivity index (χ0n) is 15.4. The highest BCUT2D eigenvalue weighted by Gasteiger charge is 2.22. The zero-order valence-corrected chi connectivity index (χ0v) is 15.4. The molecule has 0 bridgehead atoms. The number of hydrogen-bond acceptors (Lipinski definition) is 4. The van der Waals surface area contributed by atoms with Gasteiger partial charge in [0.05, 0.1) is 23.6 Å². The van der Waals surface area contributed by atoms with Crippen LogP contribution in [-0.2, 0) is 0 Å². The van der Waals surface area contributed by atoms with Crippen LogP contribution in [0.2, 0.25) is 0 Å². The SMILES string of the molecule is Cc1nc2c(cnn2C(C)C)cc1C(=O)NCC(C)(C)CC(C)O. The van der Waals surface area contributed by atoms with Crippen molar-refractivity contribution in [1.82, 2.24) is 20.1 Å². The average Bonchev–Trinajstić information content (AvgIpc) is 2.85. The molecule has 24 heavy (non-hydrogen) atoms. The maximum atomic E-state index is 12.5. The van der Waals surface area contributed by atoms with Crippen LogP contribution in [0.1, 0.15) is 63.1 Å². The fourth-order valence-electron chi connectivity index (χ4n) is 2.96. The molecule has 0 radical (unpaired) electrons. The number of nitrogens with one attached hydrogen (secondary N) is 1. The number of pyridine rings is 1. The molecule has 132 valence electrons. The lowest BCUT2D eigenvalue weighted by Crippen LogP contribution is -2.36. The van der Waals surface area contributed by atoms with Gasteiger partial charge in [-0.15, -0.1) is 0 Å². The number of fused-ring (bicyclic) bond motifs is 1. The maximum absolute atomic E-state index is 12.5. The molecule has 2 aromatic heterocycles. The maximum Gasteiger partial charge on any atom is 0.253 e. The first-order valence-corrected chi connectivity index (χ1v) is 8.42. The molecule has 6 nitrogen and oxygen atoms in total. The molecule has 2 heterocycles. The molecule has 0 aliphatic rings. The normalized spacial score (nSPS) is 13.5. The van der Waals surface area contributed by atoms with Crippen LogP contribution >= 0.6 is 0 Å². The van der Waals surface area contributed by atoms with E-state index in [9.17, 15) is 9.90 Å². The quantitative estimate of drug-likeness (QED) is 0.852. The van der Waals surface area contributed by atoms with Crippen LogP contribution in [-0.4, -0.2) is 38.4 Å². The lowest BCUT2D eigenvalue weighted by atomic mass is 9.87. The van der Waals surface area contributed by atoms with Crippen molar-refractivity contribution in [3.05, 3.63) is 23.5 Å². The fraction of sp³-hybridized carbons (Fsp3) is 0.611. The third-order valence-electron chi connectivity index (χ3n) is 4.07. The van der Waals surface area contributed by atoms with Crippen molar-refractivity contribution in [2.45, 2.75) is 60.1 Å². The Bertz CT molecular complexity index is 732. The van der Waals surface area contributed by atoms with Crippen LogP contribution in [0.5, 0.6) is 0 Å². The largest absolute Gasteiger partial charge is 0.393 e. The Morgan fingerprint density at radius 2 is 2.04 bits per heavy atom. The summed E-state index contributed by atoms with van der Waals surface area (Å²) < 4.78 is 1.86. The Kier molecular flexibility index (Phi) is 5.28. The van der Waals surface area contributed by atoms with Crippen molar-refractivity contribution in [3.8, 4) is 0 Å². The highest BCUT2D eigenvalue weighted by Crippen LogP contribution is 2.22. The minimum absolute atomic E-state index is 0.141. The van der Waals surface area contributed by atoms with Gasteiger partial charge in [-0.05, 0) is 45.6 Å². The molecular formula is C18H28N4O2. The highest BCUT2D eigenvalue weighted by atomic mass is 16.3. The van der Waals surface area contributed by atoms with Gasteiger partial charge in [-0.25, -0.2) is 9.67 Å². The van der Waals surface area contributed by atoms with E-state index in [0.717, 1.165) is 11.0 Å². The molecule has 1 atom stereocenters. The van der Waals surface area contributed by atoms with E-state index in [0.29, 0.717) is 24.2 Å². The minimum Gasteiger partial charge on any atom is -0.393 e. The highest BCUT2D eigenvalue weighted by molar-refractivity contribution is 5.98. The van der Waals surface area contributed by atoms with Crippen molar-refractivity contribution >= 4 is 16.9 Å². The average molecular weight is 332 g/mol. The summed E-state index contributed by atoms with van der Waals surface area (Å²) in [6, 6.07) is 2.07. The van der Waals surface area contributed by atoms with E-state index in [1.54, 1.807) is 13.1 Å². The summed E-state index contributed by atoms with van der Waals surface area (Å²) >= 11 is 0. The van der Waals surface area contributed by atoms with E-state index in [2.05, 4.69) is 15.4 Å². The summed E-state index contributed by atoms with van der Waals surface area (Å²) in [5.74, 6) is -0.141. The van der Waals surface area contributed by atoms with Crippen LogP contribution in [0.3, 0.4) is 0 Å². The standard InChI is InChI=1S/C18H28N4O2/c1-11(2)22-16-14(9-20-22)7-15(13(4)21-16)17(24)19-10-18(5,6)8-12(3)23/h7,9,11-12,23H,8,10H2,1-6H3,(H,19,24). The summed E-state index contributed by atoms with van der Waals surface area (Å²) in [5, 5.41) is 17.7. The second-order valence-electron chi connectivity index (χ2n) is 7.62.